The summed E-state index contributed by atoms with van der Waals surface area (Å²) < 4.78 is 0. The lowest BCUT2D eigenvalue weighted by Gasteiger charge is -2.16. The summed E-state index contributed by atoms with van der Waals surface area (Å²) in [5.74, 6) is 0.170. The lowest BCUT2D eigenvalue weighted by molar-refractivity contribution is -0.120. The van der Waals surface area contributed by atoms with Crippen LogP contribution >= 0.6 is 0 Å². The summed E-state index contributed by atoms with van der Waals surface area (Å²) in [6, 6.07) is 15.5. The van der Waals surface area contributed by atoms with E-state index in [0.29, 0.717) is 0 Å². The van der Waals surface area contributed by atoms with Crippen LogP contribution in [0.25, 0.3) is 0 Å². The Morgan fingerprint density at radius 3 is 2.42 bits per heavy atom. The fourth-order valence-corrected chi connectivity index (χ4v) is 2.84. The number of carbonyl (C=O) groups excluding carboxylic acids is 2. The molecule has 1 aliphatic carbocycles. The number of carbonyl (C=O) groups is 2. The average molecular weight is 351 g/mol. The average Bonchev–Trinajstić information content (AvgIpc) is 3.48. The van der Waals surface area contributed by atoms with Crippen LogP contribution in [0.15, 0.2) is 48.5 Å². The summed E-state index contributed by atoms with van der Waals surface area (Å²) in [4.78, 5) is 24.2. The lowest BCUT2D eigenvalue weighted by atomic mass is 10.1. The highest BCUT2D eigenvalue weighted by atomic mass is 16.2. The van der Waals surface area contributed by atoms with Crippen LogP contribution in [0.2, 0.25) is 0 Å². The molecule has 3 N–H and O–H groups in total. The molecular weight excluding hydrogens is 326 g/mol. The van der Waals surface area contributed by atoms with Crippen LogP contribution in [-0.4, -0.2) is 18.4 Å². The van der Waals surface area contributed by atoms with Gasteiger partial charge in [0.25, 0.3) is 0 Å². The van der Waals surface area contributed by atoms with Crippen LogP contribution in [0, 0.1) is 12.8 Å². The highest BCUT2D eigenvalue weighted by Crippen LogP contribution is 2.31. The van der Waals surface area contributed by atoms with Crippen LogP contribution in [0.5, 0.6) is 0 Å². The van der Waals surface area contributed by atoms with Gasteiger partial charge in [0.15, 0.2) is 0 Å². The Labute approximate surface area is 154 Å². The summed E-state index contributed by atoms with van der Waals surface area (Å²) in [6.07, 6.45) is 1.95. The molecule has 5 nitrogen and oxygen atoms in total. The van der Waals surface area contributed by atoms with Crippen LogP contribution < -0.4 is 16.0 Å². The Morgan fingerprint density at radius 2 is 1.73 bits per heavy atom. The second-order valence-electron chi connectivity index (χ2n) is 6.80. The van der Waals surface area contributed by atoms with E-state index >= 15 is 0 Å². The Morgan fingerprint density at radius 1 is 1.04 bits per heavy atom. The number of nitrogens with one attached hydrogen (secondary N) is 3. The van der Waals surface area contributed by atoms with Crippen molar-refractivity contribution in [3.05, 3.63) is 59.7 Å². The summed E-state index contributed by atoms with van der Waals surface area (Å²) in [6.45, 7) is 4.08. The number of anilines is 2. The van der Waals surface area contributed by atoms with E-state index in [1.54, 1.807) is 0 Å². The first-order valence-corrected chi connectivity index (χ1v) is 9.03. The molecule has 0 bridgehead atoms. The molecule has 2 amide bonds. The largest absolute Gasteiger partial charge is 0.376 e. The van der Waals surface area contributed by atoms with Gasteiger partial charge in [-0.15, -0.1) is 0 Å². The summed E-state index contributed by atoms with van der Waals surface area (Å²) in [5, 5.41) is 9.12. The number of hydrogen-bond donors (Lipinski definition) is 3. The number of benzene rings is 2. The highest BCUT2D eigenvalue weighted by Gasteiger charge is 2.29. The zero-order valence-electron chi connectivity index (χ0n) is 15.2. The van der Waals surface area contributed by atoms with E-state index in [1.165, 1.54) is 0 Å². The fourth-order valence-electron chi connectivity index (χ4n) is 2.84. The second-order valence-corrected chi connectivity index (χ2v) is 6.80. The fraction of sp³-hybridized carbons (Fsp3) is 0.333. The topological polar surface area (TPSA) is 70.2 Å². The van der Waals surface area contributed by atoms with E-state index < -0.39 is 0 Å². The van der Waals surface area contributed by atoms with Gasteiger partial charge in [-0.3, -0.25) is 9.59 Å². The smallest absolute Gasteiger partial charge is 0.239 e. The van der Waals surface area contributed by atoms with E-state index in [2.05, 4.69) is 16.0 Å². The lowest BCUT2D eigenvalue weighted by Crippen LogP contribution is -2.32. The molecule has 1 saturated carbocycles. The molecule has 0 radical (unpaired) electrons. The third-order valence-electron chi connectivity index (χ3n) is 4.66. The van der Waals surface area contributed by atoms with Gasteiger partial charge in [0.05, 0.1) is 12.6 Å². The number of amides is 2. The molecule has 1 atom stereocenters. The van der Waals surface area contributed by atoms with Gasteiger partial charge in [-0.05, 0) is 49.9 Å². The van der Waals surface area contributed by atoms with Gasteiger partial charge >= 0.3 is 0 Å². The summed E-state index contributed by atoms with van der Waals surface area (Å²) >= 11 is 0. The third kappa shape index (κ3) is 4.63. The third-order valence-corrected chi connectivity index (χ3v) is 4.66. The Hall–Kier alpha value is -2.82. The molecule has 3 rings (SSSR count). The Kier molecular flexibility index (Phi) is 5.56. The molecule has 2 aromatic carbocycles. The first-order chi connectivity index (χ1) is 12.5. The highest BCUT2D eigenvalue weighted by molar-refractivity contribution is 5.95. The quantitative estimate of drug-likeness (QED) is 0.713. The van der Waals surface area contributed by atoms with Gasteiger partial charge in [-0.25, -0.2) is 0 Å². The molecule has 2 aromatic rings. The normalized spacial score (nSPS) is 14.4. The van der Waals surface area contributed by atoms with E-state index in [4.69, 9.17) is 0 Å². The summed E-state index contributed by atoms with van der Waals surface area (Å²) in [7, 11) is 0. The van der Waals surface area contributed by atoms with Crippen LogP contribution in [-0.2, 0) is 9.59 Å². The van der Waals surface area contributed by atoms with Gasteiger partial charge in [0.1, 0.15) is 0 Å². The van der Waals surface area contributed by atoms with Crippen molar-refractivity contribution >= 4 is 23.2 Å². The molecule has 0 spiro atoms. The van der Waals surface area contributed by atoms with E-state index in [9.17, 15) is 9.59 Å². The first kappa shape index (κ1) is 18.0. The molecule has 1 unspecified atom stereocenters. The number of rotatable bonds is 7. The van der Waals surface area contributed by atoms with Crippen molar-refractivity contribution in [1.29, 1.82) is 0 Å². The van der Waals surface area contributed by atoms with E-state index in [0.717, 1.165) is 35.3 Å². The van der Waals surface area contributed by atoms with Crippen LogP contribution in [0.1, 0.15) is 36.9 Å². The van der Waals surface area contributed by atoms with Gasteiger partial charge < -0.3 is 16.0 Å². The van der Waals surface area contributed by atoms with Gasteiger partial charge in [0.2, 0.25) is 11.8 Å². The van der Waals surface area contributed by atoms with Gasteiger partial charge in [-0.1, -0.05) is 36.4 Å². The minimum absolute atomic E-state index is 0.0456. The van der Waals surface area contributed by atoms with Crippen molar-refractivity contribution in [3.63, 3.8) is 0 Å². The van der Waals surface area contributed by atoms with E-state index in [-0.39, 0.29) is 30.3 Å². The Balaban J connectivity index is 1.55. The zero-order chi connectivity index (χ0) is 18.5. The van der Waals surface area contributed by atoms with Crippen molar-refractivity contribution in [2.45, 2.75) is 32.7 Å². The van der Waals surface area contributed by atoms with Gasteiger partial charge in [-0.2, -0.15) is 0 Å². The SMILES string of the molecule is Cc1c(NCC(=O)NC(C)c2ccccc2)cccc1NC(=O)C1CC1. The van der Waals surface area contributed by atoms with Crippen molar-refractivity contribution in [3.8, 4) is 0 Å². The second kappa shape index (κ2) is 8.04. The minimum atomic E-state index is -0.0758. The zero-order valence-corrected chi connectivity index (χ0v) is 15.2. The van der Waals surface area contributed by atoms with Crippen molar-refractivity contribution in [2.24, 2.45) is 5.92 Å². The monoisotopic (exact) mass is 351 g/mol. The maximum absolute atomic E-state index is 12.2. The van der Waals surface area contributed by atoms with Crippen molar-refractivity contribution < 1.29 is 9.59 Å². The minimum Gasteiger partial charge on any atom is -0.376 e. The molecule has 0 aliphatic heterocycles. The molecule has 0 heterocycles. The van der Waals surface area contributed by atoms with Crippen molar-refractivity contribution in [2.75, 3.05) is 17.2 Å². The van der Waals surface area contributed by atoms with Crippen LogP contribution in [0.3, 0.4) is 0 Å². The standard InChI is InChI=1S/C21H25N3O2/c1-14-18(9-6-10-19(14)24-21(26)17-11-12-17)22-13-20(25)23-15(2)16-7-4-3-5-8-16/h3-10,15,17,22H,11-13H2,1-2H3,(H,23,25)(H,24,26). The Bertz CT molecular complexity index is 785. The maximum Gasteiger partial charge on any atom is 0.239 e. The predicted octanol–water partition coefficient (Wildman–Crippen LogP) is 3.63. The molecule has 1 aliphatic rings. The maximum atomic E-state index is 12.2. The summed E-state index contributed by atoms with van der Waals surface area (Å²) in [5.41, 5.74) is 3.65. The van der Waals surface area contributed by atoms with Gasteiger partial charge in [0, 0.05) is 17.3 Å². The van der Waals surface area contributed by atoms with Crippen LogP contribution in [0.4, 0.5) is 11.4 Å². The molecular formula is C21H25N3O2. The first-order valence-electron chi connectivity index (χ1n) is 9.03. The molecule has 0 saturated heterocycles. The molecule has 0 aromatic heterocycles. The molecule has 1 fully saturated rings. The van der Waals surface area contributed by atoms with E-state index in [1.807, 2.05) is 62.4 Å². The molecule has 136 valence electrons. The molecule has 26 heavy (non-hydrogen) atoms. The van der Waals surface area contributed by atoms with Crippen molar-refractivity contribution in [1.82, 2.24) is 5.32 Å². The predicted molar refractivity (Wildman–Crippen MR) is 104 cm³/mol. The molecule has 5 heteroatoms. The number of hydrogen-bond acceptors (Lipinski definition) is 3.